The van der Waals surface area contributed by atoms with Crippen molar-refractivity contribution >= 4 is 17.4 Å². The van der Waals surface area contributed by atoms with Gasteiger partial charge in [-0.1, -0.05) is 48.9 Å². The van der Waals surface area contributed by atoms with Crippen LogP contribution < -0.4 is 9.47 Å². The Bertz CT molecular complexity index is 941. The number of rotatable bonds is 3. The third-order valence-electron chi connectivity index (χ3n) is 4.39. The Labute approximate surface area is 156 Å². The van der Waals surface area contributed by atoms with Gasteiger partial charge in [-0.15, -0.1) is 0 Å². The number of hydrogen-bond acceptors (Lipinski definition) is 4. The van der Waals surface area contributed by atoms with Gasteiger partial charge in [0.2, 0.25) is 5.88 Å². The van der Waals surface area contributed by atoms with E-state index in [1.807, 2.05) is 37.3 Å². The van der Waals surface area contributed by atoms with E-state index >= 15 is 0 Å². The molecule has 0 spiro atoms. The highest BCUT2D eigenvalue weighted by Crippen LogP contribution is 2.40. The maximum Gasteiger partial charge on any atom is 0.219 e. The molecule has 3 aromatic rings. The minimum Gasteiger partial charge on any atom is -0.484 e. The largest absolute Gasteiger partial charge is 0.484 e. The number of halogens is 1. The third-order valence-corrected chi connectivity index (χ3v) is 4.61. The molecule has 4 rings (SSSR count). The summed E-state index contributed by atoms with van der Waals surface area (Å²) < 4.78 is 11.8. The van der Waals surface area contributed by atoms with E-state index in [-0.39, 0.29) is 17.8 Å². The Morgan fingerprint density at radius 2 is 1.88 bits per heavy atom. The number of hydrogen-bond donors (Lipinski definition) is 0. The van der Waals surface area contributed by atoms with Crippen molar-refractivity contribution in [2.45, 2.75) is 13.0 Å². The Hall–Kier alpha value is -2.85. The number of pyridine rings is 1. The van der Waals surface area contributed by atoms with Crippen molar-refractivity contribution in [1.82, 2.24) is 4.98 Å². The zero-order chi connectivity index (χ0) is 18.1. The van der Waals surface area contributed by atoms with E-state index in [2.05, 4.69) is 4.98 Å². The van der Waals surface area contributed by atoms with Crippen molar-refractivity contribution in [3.05, 3.63) is 83.0 Å². The minimum atomic E-state index is -0.291. The molecule has 1 aliphatic heterocycles. The fourth-order valence-electron chi connectivity index (χ4n) is 3.03. The lowest BCUT2D eigenvalue weighted by molar-refractivity contribution is 0.0690. The third kappa shape index (κ3) is 3.16. The molecule has 4 nitrogen and oxygen atoms in total. The van der Waals surface area contributed by atoms with E-state index in [0.29, 0.717) is 28.0 Å². The van der Waals surface area contributed by atoms with Gasteiger partial charge in [0.25, 0.3) is 0 Å². The van der Waals surface area contributed by atoms with Crippen LogP contribution in [0.15, 0.2) is 66.9 Å². The maximum atomic E-state index is 12.9. The first-order chi connectivity index (χ1) is 12.6. The molecule has 0 radical (unpaired) electrons. The monoisotopic (exact) mass is 365 g/mol. The Balaban J connectivity index is 1.62. The lowest BCUT2D eigenvalue weighted by Gasteiger charge is -2.31. The van der Waals surface area contributed by atoms with Crippen molar-refractivity contribution < 1.29 is 14.3 Å². The number of carbonyl (C=O) groups excluding carboxylic acids is 1. The SMILES string of the molecule is CC1C(=O)c2cc(Oc3ccc(Cl)cn3)ccc2OC1c1ccccc1. The van der Waals surface area contributed by atoms with Gasteiger partial charge >= 0.3 is 0 Å². The lowest BCUT2D eigenvalue weighted by Crippen LogP contribution is -2.29. The molecule has 0 N–H and O–H groups in total. The van der Waals surface area contributed by atoms with Gasteiger partial charge in [0, 0.05) is 12.3 Å². The van der Waals surface area contributed by atoms with E-state index < -0.39 is 0 Å². The molecule has 26 heavy (non-hydrogen) atoms. The highest BCUT2D eigenvalue weighted by atomic mass is 35.5. The van der Waals surface area contributed by atoms with E-state index in [1.165, 1.54) is 6.20 Å². The van der Waals surface area contributed by atoms with Crippen molar-refractivity contribution in [2.24, 2.45) is 5.92 Å². The van der Waals surface area contributed by atoms with Crippen LogP contribution in [0.5, 0.6) is 17.4 Å². The second-order valence-corrected chi connectivity index (χ2v) is 6.61. The summed E-state index contributed by atoms with van der Waals surface area (Å²) in [4.78, 5) is 17.0. The van der Waals surface area contributed by atoms with Crippen LogP contribution in [0.1, 0.15) is 28.9 Å². The number of fused-ring (bicyclic) bond motifs is 1. The molecule has 0 saturated carbocycles. The predicted molar refractivity (Wildman–Crippen MR) is 99.1 cm³/mol. The van der Waals surface area contributed by atoms with Crippen molar-refractivity contribution in [2.75, 3.05) is 0 Å². The number of ketones is 1. The first-order valence-electron chi connectivity index (χ1n) is 8.31. The fourth-order valence-corrected chi connectivity index (χ4v) is 3.14. The molecule has 0 amide bonds. The number of Topliss-reactive ketones (excluding diaryl/α,β-unsaturated/α-hetero) is 1. The van der Waals surface area contributed by atoms with Crippen molar-refractivity contribution in [3.63, 3.8) is 0 Å². The van der Waals surface area contributed by atoms with Crippen molar-refractivity contribution in [1.29, 1.82) is 0 Å². The van der Waals surface area contributed by atoms with Gasteiger partial charge < -0.3 is 9.47 Å². The minimum absolute atomic E-state index is 0.0367. The molecule has 1 aliphatic rings. The van der Waals surface area contributed by atoms with Gasteiger partial charge in [0.15, 0.2) is 5.78 Å². The van der Waals surface area contributed by atoms with Gasteiger partial charge in [0.05, 0.1) is 16.5 Å². The summed E-state index contributed by atoms with van der Waals surface area (Å²) >= 11 is 5.83. The molecule has 130 valence electrons. The van der Waals surface area contributed by atoms with E-state index in [1.54, 1.807) is 30.3 Å². The average molecular weight is 366 g/mol. The van der Waals surface area contributed by atoms with E-state index in [9.17, 15) is 4.79 Å². The first kappa shape index (κ1) is 16.6. The number of ether oxygens (including phenoxy) is 2. The number of benzene rings is 2. The van der Waals surface area contributed by atoms with Crippen LogP contribution in [0.4, 0.5) is 0 Å². The first-order valence-corrected chi connectivity index (χ1v) is 8.69. The highest BCUT2D eigenvalue weighted by molar-refractivity contribution is 6.30. The standard InChI is InChI=1S/C21H16ClNO3/c1-13-20(24)17-11-16(25-19-10-7-15(22)12-23-19)8-9-18(17)26-21(13)14-5-3-2-4-6-14/h2-13,21H,1H3. The summed E-state index contributed by atoms with van der Waals surface area (Å²) in [6.45, 7) is 1.89. The van der Waals surface area contributed by atoms with Crippen LogP contribution in [0.2, 0.25) is 5.02 Å². The number of carbonyl (C=O) groups is 1. The Kier molecular flexibility index (Phi) is 4.35. The summed E-state index contributed by atoms with van der Waals surface area (Å²) in [5, 5.41) is 0.534. The van der Waals surface area contributed by atoms with Crippen LogP contribution in [-0.2, 0) is 0 Å². The van der Waals surface area contributed by atoms with Gasteiger partial charge in [-0.3, -0.25) is 4.79 Å². The smallest absolute Gasteiger partial charge is 0.219 e. The summed E-state index contributed by atoms with van der Waals surface area (Å²) in [6.07, 6.45) is 1.22. The van der Waals surface area contributed by atoms with Crippen LogP contribution in [-0.4, -0.2) is 10.8 Å². The molecule has 1 aromatic heterocycles. The highest BCUT2D eigenvalue weighted by Gasteiger charge is 2.35. The number of nitrogens with zero attached hydrogens (tertiary/aromatic N) is 1. The van der Waals surface area contributed by atoms with Crippen LogP contribution in [0, 0.1) is 5.92 Å². The molecule has 0 fully saturated rings. The predicted octanol–water partition coefficient (Wildman–Crippen LogP) is 5.48. The van der Waals surface area contributed by atoms with Gasteiger partial charge in [-0.2, -0.15) is 0 Å². The van der Waals surface area contributed by atoms with Gasteiger partial charge in [0.1, 0.15) is 17.6 Å². The molecule has 0 saturated heterocycles. The lowest BCUT2D eigenvalue weighted by atomic mass is 9.87. The Morgan fingerprint density at radius 1 is 1.08 bits per heavy atom. The molecular formula is C21H16ClNO3. The Morgan fingerprint density at radius 3 is 2.62 bits per heavy atom. The topological polar surface area (TPSA) is 48.4 Å². The summed E-state index contributed by atoms with van der Waals surface area (Å²) in [6, 6.07) is 18.4. The van der Waals surface area contributed by atoms with Crippen LogP contribution in [0.3, 0.4) is 0 Å². The molecule has 0 bridgehead atoms. The maximum absolute atomic E-state index is 12.9. The zero-order valence-corrected chi connectivity index (χ0v) is 14.8. The van der Waals surface area contributed by atoms with Crippen LogP contribution in [0.25, 0.3) is 0 Å². The second-order valence-electron chi connectivity index (χ2n) is 6.18. The number of aromatic nitrogens is 1. The molecular weight excluding hydrogens is 350 g/mol. The molecule has 2 aromatic carbocycles. The fraction of sp³-hybridized carbons (Fsp3) is 0.143. The molecule has 2 atom stereocenters. The van der Waals surface area contributed by atoms with E-state index in [0.717, 1.165) is 5.56 Å². The molecule has 2 heterocycles. The zero-order valence-electron chi connectivity index (χ0n) is 14.1. The normalized spacial score (nSPS) is 18.8. The van der Waals surface area contributed by atoms with Crippen molar-refractivity contribution in [3.8, 4) is 17.4 Å². The quantitative estimate of drug-likeness (QED) is 0.616. The second kappa shape index (κ2) is 6.81. The summed E-state index contributed by atoms with van der Waals surface area (Å²) in [7, 11) is 0. The molecule has 2 unspecified atom stereocenters. The van der Waals surface area contributed by atoms with Crippen LogP contribution >= 0.6 is 11.6 Å². The summed E-state index contributed by atoms with van der Waals surface area (Å²) in [5.74, 6) is 1.26. The van der Waals surface area contributed by atoms with E-state index in [4.69, 9.17) is 21.1 Å². The summed E-state index contributed by atoms with van der Waals surface area (Å²) in [5.41, 5.74) is 1.51. The van der Waals surface area contributed by atoms with Gasteiger partial charge in [-0.05, 0) is 29.8 Å². The van der Waals surface area contributed by atoms with Gasteiger partial charge in [-0.25, -0.2) is 4.98 Å². The molecule has 0 aliphatic carbocycles. The molecule has 5 heteroatoms. The average Bonchev–Trinajstić information content (AvgIpc) is 2.67.